The van der Waals surface area contributed by atoms with Crippen LogP contribution >= 0.6 is 11.6 Å². The molecule has 0 spiro atoms. The first-order valence-electron chi connectivity index (χ1n) is 6.07. The van der Waals surface area contributed by atoms with E-state index in [0.29, 0.717) is 10.6 Å². The molecule has 112 valence electrons. The standard InChI is InChI=1S/C13H18ClNO4S/c1-5-15(13(3,4)12(16)17)20(18,19)11-8-10(14)7-6-9(11)2/h6-8H,5H2,1-4H3,(H,16,17). The molecule has 1 rings (SSSR count). The van der Waals surface area contributed by atoms with Gasteiger partial charge in [0.05, 0.1) is 4.90 Å². The highest BCUT2D eigenvalue weighted by Crippen LogP contribution is 2.28. The second-order valence-electron chi connectivity index (χ2n) is 4.94. The van der Waals surface area contributed by atoms with Gasteiger partial charge < -0.3 is 5.11 Å². The van der Waals surface area contributed by atoms with Crippen molar-refractivity contribution in [2.24, 2.45) is 0 Å². The van der Waals surface area contributed by atoms with Crippen LogP contribution in [-0.2, 0) is 14.8 Å². The molecule has 0 aromatic heterocycles. The SMILES string of the molecule is CCN(C(C)(C)C(=O)O)S(=O)(=O)c1cc(Cl)ccc1C. The maximum atomic E-state index is 12.7. The van der Waals surface area contributed by atoms with Gasteiger partial charge in [0.15, 0.2) is 0 Å². The molecule has 0 aliphatic carbocycles. The van der Waals surface area contributed by atoms with Crippen LogP contribution in [0.15, 0.2) is 23.1 Å². The van der Waals surface area contributed by atoms with Gasteiger partial charge in [-0.3, -0.25) is 4.79 Å². The zero-order valence-corrected chi connectivity index (χ0v) is 13.4. The summed E-state index contributed by atoms with van der Waals surface area (Å²) in [5.74, 6) is -1.21. The Morgan fingerprint density at radius 3 is 2.40 bits per heavy atom. The predicted octanol–water partition coefficient (Wildman–Crippen LogP) is 2.52. The third kappa shape index (κ3) is 2.97. The number of sulfonamides is 1. The summed E-state index contributed by atoms with van der Waals surface area (Å²) in [5.41, 5.74) is -1.02. The van der Waals surface area contributed by atoms with Crippen LogP contribution in [0.3, 0.4) is 0 Å². The zero-order chi connectivity index (χ0) is 15.7. The van der Waals surface area contributed by atoms with Crippen molar-refractivity contribution in [1.82, 2.24) is 4.31 Å². The van der Waals surface area contributed by atoms with Crippen LogP contribution in [0.4, 0.5) is 0 Å². The first-order chi connectivity index (χ1) is 9.05. The number of halogens is 1. The van der Waals surface area contributed by atoms with Crippen molar-refractivity contribution in [3.05, 3.63) is 28.8 Å². The quantitative estimate of drug-likeness (QED) is 0.905. The monoisotopic (exact) mass is 319 g/mol. The van der Waals surface area contributed by atoms with Crippen LogP contribution in [0.5, 0.6) is 0 Å². The average Bonchev–Trinajstić information content (AvgIpc) is 2.32. The zero-order valence-electron chi connectivity index (χ0n) is 11.8. The molecule has 0 saturated carbocycles. The van der Waals surface area contributed by atoms with Gasteiger partial charge in [-0.1, -0.05) is 24.6 Å². The van der Waals surface area contributed by atoms with E-state index in [1.807, 2.05) is 0 Å². The molecule has 0 saturated heterocycles. The number of aliphatic carboxylic acids is 1. The molecule has 0 unspecified atom stereocenters. The summed E-state index contributed by atoms with van der Waals surface area (Å²) in [6.45, 7) is 6.01. The number of hydrogen-bond acceptors (Lipinski definition) is 3. The second kappa shape index (κ2) is 5.71. The molecule has 7 heteroatoms. The molecule has 0 radical (unpaired) electrons. The first-order valence-corrected chi connectivity index (χ1v) is 7.89. The predicted molar refractivity (Wildman–Crippen MR) is 77.5 cm³/mol. The number of nitrogens with zero attached hydrogens (tertiary/aromatic N) is 1. The minimum Gasteiger partial charge on any atom is -0.480 e. The number of likely N-dealkylation sites (N-methyl/N-ethyl adjacent to an activating group) is 1. The van der Waals surface area contributed by atoms with E-state index >= 15 is 0 Å². The van der Waals surface area contributed by atoms with Crippen molar-refractivity contribution in [3.8, 4) is 0 Å². The molecule has 0 heterocycles. The van der Waals surface area contributed by atoms with E-state index < -0.39 is 21.5 Å². The Morgan fingerprint density at radius 2 is 1.95 bits per heavy atom. The normalized spacial score (nSPS) is 12.7. The third-order valence-electron chi connectivity index (χ3n) is 3.15. The highest BCUT2D eigenvalue weighted by Gasteiger charge is 2.42. The molecule has 1 N–H and O–H groups in total. The summed E-state index contributed by atoms with van der Waals surface area (Å²) in [6, 6.07) is 4.53. The second-order valence-corrected chi connectivity index (χ2v) is 7.21. The van der Waals surface area contributed by atoms with Gasteiger partial charge in [0.2, 0.25) is 10.0 Å². The minimum atomic E-state index is -3.94. The van der Waals surface area contributed by atoms with E-state index in [1.54, 1.807) is 26.0 Å². The molecule has 0 fully saturated rings. The van der Waals surface area contributed by atoms with E-state index in [9.17, 15) is 18.3 Å². The van der Waals surface area contributed by atoms with Crippen molar-refractivity contribution < 1.29 is 18.3 Å². The fourth-order valence-electron chi connectivity index (χ4n) is 1.94. The van der Waals surface area contributed by atoms with Crippen molar-refractivity contribution in [1.29, 1.82) is 0 Å². The van der Waals surface area contributed by atoms with Crippen molar-refractivity contribution in [3.63, 3.8) is 0 Å². The van der Waals surface area contributed by atoms with Crippen molar-refractivity contribution in [2.45, 2.75) is 38.1 Å². The number of aryl methyl sites for hydroxylation is 1. The number of carboxylic acid groups (broad SMARTS) is 1. The molecule has 1 aromatic rings. The molecular formula is C13H18ClNO4S. The Morgan fingerprint density at radius 1 is 1.40 bits per heavy atom. The van der Waals surface area contributed by atoms with Crippen LogP contribution in [-0.4, -0.2) is 35.9 Å². The van der Waals surface area contributed by atoms with Gasteiger partial charge in [-0.25, -0.2) is 8.42 Å². The Balaban J connectivity index is 3.48. The first kappa shape index (κ1) is 16.9. The number of carbonyl (C=O) groups is 1. The fraction of sp³-hybridized carbons (Fsp3) is 0.462. The summed E-state index contributed by atoms with van der Waals surface area (Å²) in [4.78, 5) is 11.3. The van der Waals surface area contributed by atoms with Crippen LogP contribution < -0.4 is 0 Å². The molecule has 0 bridgehead atoms. The van der Waals surface area contributed by atoms with Crippen molar-refractivity contribution >= 4 is 27.6 Å². The molecule has 0 aliphatic rings. The van der Waals surface area contributed by atoms with Gasteiger partial charge in [0, 0.05) is 11.6 Å². The summed E-state index contributed by atoms with van der Waals surface area (Å²) in [6.07, 6.45) is 0. The van der Waals surface area contributed by atoms with Gasteiger partial charge in [-0.05, 0) is 38.5 Å². The Hall–Kier alpha value is -1.11. The Labute approximate surface area is 124 Å². The highest BCUT2D eigenvalue weighted by molar-refractivity contribution is 7.89. The van der Waals surface area contributed by atoms with Crippen LogP contribution in [0.2, 0.25) is 5.02 Å². The summed E-state index contributed by atoms with van der Waals surface area (Å²) in [5, 5.41) is 9.53. The number of hydrogen-bond donors (Lipinski definition) is 1. The largest absolute Gasteiger partial charge is 0.480 e. The third-order valence-corrected chi connectivity index (χ3v) is 5.68. The van der Waals surface area contributed by atoms with E-state index in [-0.39, 0.29) is 11.4 Å². The van der Waals surface area contributed by atoms with Gasteiger partial charge in [-0.15, -0.1) is 0 Å². The van der Waals surface area contributed by atoms with Gasteiger partial charge in [-0.2, -0.15) is 4.31 Å². The smallest absolute Gasteiger partial charge is 0.324 e. The number of rotatable bonds is 5. The molecule has 1 aromatic carbocycles. The van der Waals surface area contributed by atoms with Crippen LogP contribution in [0, 0.1) is 6.92 Å². The maximum absolute atomic E-state index is 12.7. The average molecular weight is 320 g/mol. The lowest BCUT2D eigenvalue weighted by molar-refractivity contribution is -0.146. The van der Waals surface area contributed by atoms with E-state index in [1.165, 1.54) is 19.9 Å². The molecular weight excluding hydrogens is 302 g/mol. The minimum absolute atomic E-state index is 0.0289. The lowest BCUT2D eigenvalue weighted by Gasteiger charge is -2.33. The molecule has 5 nitrogen and oxygen atoms in total. The lowest BCUT2D eigenvalue weighted by Crippen LogP contribution is -2.52. The fourth-order valence-corrected chi connectivity index (χ4v) is 4.19. The summed E-state index contributed by atoms with van der Waals surface area (Å²) < 4.78 is 26.3. The van der Waals surface area contributed by atoms with E-state index in [0.717, 1.165) is 4.31 Å². The van der Waals surface area contributed by atoms with Crippen LogP contribution in [0.1, 0.15) is 26.3 Å². The Kier molecular flexibility index (Phi) is 4.84. The lowest BCUT2D eigenvalue weighted by atomic mass is 10.1. The van der Waals surface area contributed by atoms with Gasteiger partial charge in [0.1, 0.15) is 5.54 Å². The number of benzene rings is 1. The Bertz CT molecular complexity index is 625. The van der Waals surface area contributed by atoms with Gasteiger partial charge >= 0.3 is 5.97 Å². The van der Waals surface area contributed by atoms with E-state index in [2.05, 4.69) is 0 Å². The van der Waals surface area contributed by atoms with Crippen LogP contribution in [0.25, 0.3) is 0 Å². The van der Waals surface area contributed by atoms with E-state index in [4.69, 9.17) is 11.6 Å². The molecule has 0 aliphatic heterocycles. The maximum Gasteiger partial charge on any atom is 0.324 e. The summed E-state index contributed by atoms with van der Waals surface area (Å²) in [7, 11) is -3.94. The highest BCUT2D eigenvalue weighted by atomic mass is 35.5. The molecule has 0 atom stereocenters. The summed E-state index contributed by atoms with van der Waals surface area (Å²) >= 11 is 5.85. The van der Waals surface area contributed by atoms with Gasteiger partial charge in [0.25, 0.3) is 0 Å². The number of carboxylic acids is 1. The molecule has 0 amide bonds. The molecule has 20 heavy (non-hydrogen) atoms. The topological polar surface area (TPSA) is 74.7 Å². The van der Waals surface area contributed by atoms with Crippen molar-refractivity contribution in [2.75, 3.05) is 6.54 Å².